The minimum absolute atomic E-state index is 0.0830. The molecule has 0 amide bonds. The van der Waals surface area contributed by atoms with Crippen LogP contribution in [0.2, 0.25) is 10.0 Å². The van der Waals surface area contributed by atoms with E-state index in [2.05, 4.69) is 15.1 Å². The standard InChI is InChI=1S/C25H15Cl2F3N4O2/c1-13-5-8-19-16(10-13)20(21(35)23-32-24(36-33-23)18-4-2-3-9-31-18)22(25(28,29)30)34(19)12-14-6-7-15(26)11-17(14)27/h2-11H,12H2,1H3. The van der Waals surface area contributed by atoms with Crippen LogP contribution in [0.3, 0.4) is 0 Å². The van der Waals surface area contributed by atoms with Crippen LogP contribution in [0.5, 0.6) is 0 Å². The lowest BCUT2D eigenvalue weighted by Crippen LogP contribution is -2.19. The third kappa shape index (κ3) is 4.36. The van der Waals surface area contributed by atoms with E-state index in [9.17, 15) is 18.0 Å². The van der Waals surface area contributed by atoms with Crippen LogP contribution >= 0.6 is 23.2 Å². The quantitative estimate of drug-likeness (QED) is 0.229. The number of nitrogens with zero attached hydrogens (tertiary/aromatic N) is 4. The summed E-state index contributed by atoms with van der Waals surface area (Å²) in [5, 5.41) is 4.32. The molecular formula is C25H15Cl2F3N4O2. The molecular weight excluding hydrogens is 516 g/mol. The van der Waals surface area contributed by atoms with Crippen molar-refractivity contribution in [3.05, 3.63) is 99.0 Å². The van der Waals surface area contributed by atoms with Crippen molar-refractivity contribution in [2.75, 3.05) is 0 Å². The van der Waals surface area contributed by atoms with Crippen molar-refractivity contribution >= 4 is 39.9 Å². The van der Waals surface area contributed by atoms with Crippen molar-refractivity contribution in [2.24, 2.45) is 0 Å². The lowest BCUT2D eigenvalue weighted by Gasteiger charge is -2.15. The molecule has 0 N–H and O–H groups in total. The second kappa shape index (κ2) is 9.07. The van der Waals surface area contributed by atoms with Crippen LogP contribution in [0.1, 0.15) is 33.0 Å². The van der Waals surface area contributed by atoms with E-state index in [0.717, 1.165) is 4.57 Å². The van der Waals surface area contributed by atoms with Gasteiger partial charge in [0.25, 0.3) is 5.89 Å². The lowest BCUT2D eigenvalue weighted by atomic mass is 10.0. The maximum Gasteiger partial charge on any atom is 0.432 e. The van der Waals surface area contributed by atoms with Gasteiger partial charge in [-0.25, -0.2) is 0 Å². The number of rotatable bonds is 5. The Morgan fingerprint density at radius 3 is 2.58 bits per heavy atom. The Balaban J connectivity index is 1.71. The fourth-order valence-electron chi connectivity index (χ4n) is 4.00. The van der Waals surface area contributed by atoms with Gasteiger partial charge in [-0.3, -0.25) is 9.78 Å². The van der Waals surface area contributed by atoms with Gasteiger partial charge in [-0.05, 0) is 48.9 Å². The molecule has 0 aliphatic heterocycles. The van der Waals surface area contributed by atoms with Gasteiger partial charge in [0.15, 0.2) is 0 Å². The number of carbonyl (C=O) groups excluding carboxylic acids is 1. The number of aryl methyl sites for hydroxylation is 1. The zero-order chi connectivity index (χ0) is 25.6. The first kappa shape index (κ1) is 24.0. The van der Waals surface area contributed by atoms with Gasteiger partial charge in [-0.1, -0.05) is 52.1 Å². The molecule has 182 valence electrons. The van der Waals surface area contributed by atoms with Crippen molar-refractivity contribution in [2.45, 2.75) is 19.6 Å². The normalized spacial score (nSPS) is 11.8. The summed E-state index contributed by atoms with van der Waals surface area (Å²) in [5.41, 5.74) is -0.135. The minimum Gasteiger partial charge on any atom is -0.332 e. The molecule has 0 fully saturated rings. The highest BCUT2D eigenvalue weighted by atomic mass is 35.5. The Morgan fingerprint density at radius 1 is 1.08 bits per heavy atom. The zero-order valence-corrected chi connectivity index (χ0v) is 20.0. The van der Waals surface area contributed by atoms with Crippen LogP contribution in [0, 0.1) is 6.92 Å². The Morgan fingerprint density at radius 2 is 1.89 bits per heavy atom. The lowest BCUT2D eigenvalue weighted by molar-refractivity contribution is -0.143. The van der Waals surface area contributed by atoms with E-state index >= 15 is 0 Å². The first-order valence-electron chi connectivity index (χ1n) is 10.6. The van der Waals surface area contributed by atoms with E-state index in [1.807, 2.05) is 0 Å². The highest BCUT2D eigenvalue weighted by Gasteiger charge is 2.42. The second-order valence-corrected chi connectivity index (χ2v) is 8.87. The molecule has 0 unspecified atom stereocenters. The molecule has 6 nitrogen and oxygen atoms in total. The van der Waals surface area contributed by atoms with Gasteiger partial charge >= 0.3 is 6.18 Å². The fourth-order valence-corrected chi connectivity index (χ4v) is 4.47. The number of carbonyl (C=O) groups is 1. The predicted octanol–water partition coefficient (Wildman–Crippen LogP) is 7.00. The fraction of sp³-hybridized carbons (Fsp3) is 0.120. The summed E-state index contributed by atoms with van der Waals surface area (Å²) < 4.78 is 49.8. The SMILES string of the molecule is Cc1ccc2c(c1)c(C(=O)c1noc(-c3ccccn3)n1)c(C(F)(F)F)n2Cc1ccc(Cl)cc1Cl. The Bertz CT molecular complexity index is 1610. The minimum atomic E-state index is -4.88. The first-order valence-corrected chi connectivity index (χ1v) is 11.3. The van der Waals surface area contributed by atoms with Crippen LogP contribution in [0.25, 0.3) is 22.5 Å². The van der Waals surface area contributed by atoms with Gasteiger partial charge in [-0.2, -0.15) is 18.2 Å². The van der Waals surface area contributed by atoms with E-state index in [-0.39, 0.29) is 34.1 Å². The van der Waals surface area contributed by atoms with Gasteiger partial charge in [0.1, 0.15) is 11.4 Å². The number of ketones is 1. The van der Waals surface area contributed by atoms with Crippen LogP contribution in [-0.4, -0.2) is 25.5 Å². The molecule has 0 aliphatic carbocycles. The summed E-state index contributed by atoms with van der Waals surface area (Å²) in [5.74, 6) is -1.61. The molecule has 5 rings (SSSR count). The van der Waals surface area contributed by atoms with E-state index < -0.39 is 29.0 Å². The van der Waals surface area contributed by atoms with Crippen molar-refractivity contribution in [1.29, 1.82) is 0 Å². The molecule has 36 heavy (non-hydrogen) atoms. The van der Waals surface area contributed by atoms with Gasteiger partial charge in [0.05, 0.1) is 5.56 Å². The summed E-state index contributed by atoms with van der Waals surface area (Å²) in [6.45, 7) is 1.48. The predicted molar refractivity (Wildman–Crippen MR) is 128 cm³/mol. The number of benzene rings is 2. The summed E-state index contributed by atoms with van der Waals surface area (Å²) >= 11 is 12.2. The highest BCUT2D eigenvalue weighted by Crippen LogP contribution is 2.40. The highest BCUT2D eigenvalue weighted by molar-refractivity contribution is 6.35. The van der Waals surface area contributed by atoms with Gasteiger partial charge in [-0.15, -0.1) is 0 Å². The smallest absolute Gasteiger partial charge is 0.332 e. The van der Waals surface area contributed by atoms with E-state index in [1.54, 1.807) is 37.3 Å². The van der Waals surface area contributed by atoms with E-state index in [1.165, 1.54) is 30.5 Å². The van der Waals surface area contributed by atoms with Crippen LogP contribution < -0.4 is 0 Å². The number of halogens is 5. The van der Waals surface area contributed by atoms with Crippen LogP contribution in [-0.2, 0) is 12.7 Å². The molecule has 0 aliphatic rings. The largest absolute Gasteiger partial charge is 0.432 e. The molecule has 11 heteroatoms. The summed E-state index contributed by atoms with van der Waals surface area (Å²) in [4.78, 5) is 21.6. The third-order valence-electron chi connectivity index (χ3n) is 5.57. The molecule has 0 radical (unpaired) electrons. The Kier molecular flexibility index (Phi) is 6.05. The molecule has 5 aromatic rings. The first-order chi connectivity index (χ1) is 17.1. The maximum absolute atomic E-state index is 14.6. The molecule has 3 heterocycles. The van der Waals surface area contributed by atoms with E-state index in [4.69, 9.17) is 27.7 Å². The Labute approximate surface area is 212 Å². The summed E-state index contributed by atoms with van der Waals surface area (Å²) in [7, 11) is 0. The molecule has 0 bridgehead atoms. The zero-order valence-electron chi connectivity index (χ0n) is 18.5. The number of hydrogen-bond acceptors (Lipinski definition) is 5. The monoisotopic (exact) mass is 530 g/mol. The van der Waals surface area contributed by atoms with Crippen molar-refractivity contribution < 1.29 is 22.5 Å². The average molecular weight is 531 g/mol. The molecule has 2 aromatic carbocycles. The van der Waals surface area contributed by atoms with Gasteiger partial charge < -0.3 is 9.09 Å². The second-order valence-electron chi connectivity index (χ2n) is 8.03. The number of pyridine rings is 1. The van der Waals surface area contributed by atoms with Crippen molar-refractivity contribution in [1.82, 2.24) is 19.7 Å². The van der Waals surface area contributed by atoms with Crippen molar-refractivity contribution in [3.63, 3.8) is 0 Å². The average Bonchev–Trinajstić information content (AvgIpc) is 3.44. The van der Waals surface area contributed by atoms with E-state index in [0.29, 0.717) is 16.1 Å². The maximum atomic E-state index is 14.6. The topological polar surface area (TPSA) is 73.8 Å². The van der Waals surface area contributed by atoms with Crippen LogP contribution in [0.4, 0.5) is 13.2 Å². The van der Waals surface area contributed by atoms with Gasteiger partial charge in [0.2, 0.25) is 11.6 Å². The molecule has 3 aromatic heterocycles. The summed E-state index contributed by atoms with van der Waals surface area (Å²) in [6.07, 6.45) is -3.40. The third-order valence-corrected chi connectivity index (χ3v) is 6.16. The summed E-state index contributed by atoms with van der Waals surface area (Å²) in [6, 6.07) is 14.2. The molecule has 0 saturated carbocycles. The molecule has 0 saturated heterocycles. The molecule has 0 spiro atoms. The van der Waals surface area contributed by atoms with Crippen LogP contribution in [0.15, 0.2) is 65.3 Å². The Hall–Kier alpha value is -3.69. The number of hydrogen-bond donors (Lipinski definition) is 0. The van der Waals surface area contributed by atoms with Gasteiger partial charge in [0, 0.05) is 33.7 Å². The number of alkyl halides is 3. The number of fused-ring (bicyclic) bond motifs is 1. The van der Waals surface area contributed by atoms with Crippen molar-refractivity contribution in [3.8, 4) is 11.6 Å². The molecule has 0 atom stereocenters. The number of aromatic nitrogens is 4.